The van der Waals surface area contributed by atoms with Crippen LogP contribution in [0.1, 0.15) is 25.1 Å². The zero-order valence-corrected chi connectivity index (χ0v) is 9.79. The molecular formula is C12H20N2O. The van der Waals surface area contributed by atoms with E-state index in [1.807, 2.05) is 20.0 Å². The smallest absolute Gasteiger partial charge is 0.0616 e. The van der Waals surface area contributed by atoms with Crippen molar-refractivity contribution in [2.24, 2.45) is 0 Å². The lowest BCUT2D eigenvalue weighted by Crippen LogP contribution is -2.30. The zero-order valence-electron chi connectivity index (χ0n) is 9.79. The monoisotopic (exact) mass is 208 g/mol. The number of rotatable bonds is 6. The van der Waals surface area contributed by atoms with Gasteiger partial charge in [-0.2, -0.15) is 0 Å². The lowest BCUT2D eigenvalue weighted by Gasteiger charge is -2.13. The van der Waals surface area contributed by atoms with Gasteiger partial charge in [-0.1, -0.05) is 6.07 Å². The normalized spacial score (nSPS) is 12.7. The van der Waals surface area contributed by atoms with Gasteiger partial charge in [0.15, 0.2) is 0 Å². The molecule has 0 saturated heterocycles. The maximum atomic E-state index is 5.32. The van der Waals surface area contributed by atoms with Gasteiger partial charge in [0.2, 0.25) is 0 Å². The van der Waals surface area contributed by atoms with Crippen LogP contribution in [0.5, 0.6) is 0 Å². The molecule has 0 amide bonds. The Balaban J connectivity index is 2.27. The highest BCUT2D eigenvalue weighted by molar-refractivity contribution is 5.11. The van der Waals surface area contributed by atoms with E-state index in [1.54, 1.807) is 0 Å². The minimum Gasteiger partial charge on any atom is -0.380 e. The van der Waals surface area contributed by atoms with E-state index in [4.69, 9.17) is 4.74 Å². The maximum Gasteiger partial charge on any atom is 0.0616 e. The maximum absolute atomic E-state index is 5.32. The van der Waals surface area contributed by atoms with Gasteiger partial charge in [0.25, 0.3) is 0 Å². The molecule has 0 spiro atoms. The predicted molar refractivity (Wildman–Crippen MR) is 61.8 cm³/mol. The number of nitrogens with zero attached hydrogens (tertiary/aromatic N) is 1. The minimum atomic E-state index is 0.369. The summed E-state index contributed by atoms with van der Waals surface area (Å²) in [6.07, 6.45) is 1.89. The summed E-state index contributed by atoms with van der Waals surface area (Å²) in [5, 5.41) is 3.37. The first-order chi connectivity index (χ1) is 7.22. The summed E-state index contributed by atoms with van der Waals surface area (Å²) in [6, 6.07) is 4.50. The molecule has 0 aliphatic heterocycles. The van der Waals surface area contributed by atoms with Gasteiger partial charge in [-0.05, 0) is 32.4 Å². The average molecular weight is 208 g/mol. The predicted octanol–water partition coefficient (Wildman–Crippen LogP) is 1.90. The van der Waals surface area contributed by atoms with E-state index in [9.17, 15) is 0 Å². The first-order valence-corrected chi connectivity index (χ1v) is 5.45. The Bertz CT molecular complexity index is 271. The average Bonchev–Trinajstić information content (AvgIpc) is 2.25. The van der Waals surface area contributed by atoms with Gasteiger partial charge in [-0.3, -0.25) is 4.98 Å². The Morgan fingerprint density at radius 3 is 2.87 bits per heavy atom. The Hall–Kier alpha value is -0.930. The van der Waals surface area contributed by atoms with Crippen molar-refractivity contribution < 1.29 is 4.74 Å². The number of hydrogen-bond acceptors (Lipinski definition) is 3. The van der Waals surface area contributed by atoms with Crippen molar-refractivity contribution in [1.82, 2.24) is 10.3 Å². The summed E-state index contributed by atoms with van der Waals surface area (Å²) in [7, 11) is 0. The molecule has 0 aliphatic carbocycles. The zero-order chi connectivity index (χ0) is 11.1. The molecule has 0 aliphatic rings. The van der Waals surface area contributed by atoms with Gasteiger partial charge in [0, 0.05) is 25.4 Å². The second kappa shape index (κ2) is 6.53. The van der Waals surface area contributed by atoms with Crippen molar-refractivity contribution in [3.05, 3.63) is 29.6 Å². The number of aryl methyl sites for hydroxylation is 1. The fourth-order valence-electron chi connectivity index (χ4n) is 1.24. The number of hydrogen-bond donors (Lipinski definition) is 1. The summed E-state index contributed by atoms with van der Waals surface area (Å²) in [5.74, 6) is 0. The van der Waals surface area contributed by atoms with E-state index in [1.165, 1.54) is 5.56 Å². The second-order valence-corrected chi connectivity index (χ2v) is 3.77. The van der Waals surface area contributed by atoms with Crippen LogP contribution < -0.4 is 5.32 Å². The van der Waals surface area contributed by atoms with Crippen molar-refractivity contribution in [1.29, 1.82) is 0 Å². The molecule has 84 valence electrons. The standard InChI is InChI=1S/C12H20N2O/c1-4-15-9-11(3)13-8-12-6-5-10(2)7-14-12/h5-7,11,13H,4,8-9H2,1-3H3. The molecule has 0 aromatic carbocycles. The molecule has 1 atom stereocenters. The van der Waals surface area contributed by atoms with Gasteiger partial charge in [-0.15, -0.1) is 0 Å². The third-order valence-electron chi connectivity index (χ3n) is 2.18. The third-order valence-corrected chi connectivity index (χ3v) is 2.18. The molecule has 1 aromatic heterocycles. The first kappa shape index (κ1) is 12.1. The minimum absolute atomic E-state index is 0.369. The van der Waals surface area contributed by atoms with E-state index in [-0.39, 0.29) is 0 Å². The molecule has 0 fully saturated rings. The van der Waals surface area contributed by atoms with E-state index in [0.717, 1.165) is 25.5 Å². The molecule has 0 radical (unpaired) electrons. The highest BCUT2D eigenvalue weighted by Crippen LogP contribution is 1.98. The van der Waals surface area contributed by atoms with Gasteiger partial charge >= 0.3 is 0 Å². The Morgan fingerprint density at radius 1 is 1.47 bits per heavy atom. The third kappa shape index (κ3) is 4.91. The SMILES string of the molecule is CCOCC(C)NCc1ccc(C)cn1. The Morgan fingerprint density at radius 2 is 2.27 bits per heavy atom. The lowest BCUT2D eigenvalue weighted by molar-refractivity contribution is 0.127. The van der Waals surface area contributed by atoms with Crippen LogP contribution in [-0.2, 0) is 11.3 Å². The van der Waals surface area contributed by atoms with Gasteiger partial charge in [0.05, 0.1) is 12.3 Å². The molecule has 1 heterocycles. The summed E-state index contributed by atoms with van der Waals surface area (Å²) < 4.78 is 5.32. The molecule has 0 saturated carbocycles. The number of ether oxygens (including phenoxy) is 1. The molecule has 3 heteroatoms. The summed E-state index contributed by atoms with van der Waals surface area (Å²) in [4.78, 5) is 4.33. The molecular weight excluding hydrogens is 188 g/mol. The van der Waals surface area contributed by atoms with Gasteiger partial charge in [-0.25, -0.2) is 0 Å². The van der Waals surface area contributed by atoms with Crippen LogP contribution in [0.25, 0.3) is 0 Å². The molecule has 15 heavy (non-hydrogen) atoms. The Kier molecular flexibility index (Phi) is 5.29. The van der Waals surface area contributed by atoms with Crippen molar-refractivity contribution in [3.8, 4) is 0 Å². The fraction of sp³-hybridized carbons (Fsp3) is 0.583. The number of pyridine rings is 1. The molecule has 1 rings (SSSR count). The van der Waals surface area contributed by atoms with Crippen molar-refractivity contribution in [3.63, 3.8) is 0 Å². The largest absolute Gasteiger partial charge is 0.380 e. The summed E-state index contributed by atoms with van der Waals surface area (Å²) in [6.45, 7) is 8.49. The van der Waals surface area contributed by atoms with Crippen molar-refractivity contribution >= 4 is 0 Å². The van der Waals surface area contributed by atoms with E-state index >= 15 is 0 Å². The lowest BCUT2D eigenvalue weighted by atomic mass is 10.2. The molecule has 3 nitrogen and oxygen atoms in total. The summed E-state index contributed by atoms with van der Waals surface area (Å²) in [5.41, 5.74) is 2.27. The molecule has 1 unspecified atom stereocenters. The molecule has 0 bridgehead atoms. The highest BCUT2D eigenvalue weighted by Gasteiger charge is 2.01. The van der Waals surface area contributed by atoms with E-state index in [0.29, 0.717) is 6.04 Å². The van der Waals surface area contributed by atoms with Crippen LogP contribution >= 0.6 is 0 Å². The number of nitrogens with one attached hydrogen (secondary N) is 1. The number of aromatic nitrogens is 1. The topological polar surface area (TPSA) is 34.1 Å². The highest BCUT2D eigenvalue weighted by atomic mass is 16.5. The van der Waals surface area contributed by atoms with E-state index in [2.05, 4.69) is 29.4 Å². The second-order valence-electron chi connectivity index (χ2n) is 3.77. The summed E-state index contributed by atoms with van der Waals surface area (Å²) >= 11 is 0. The van der Waals surface area contributed by atoms with Crippen LogP contribution in [-0.4, -0.2) is 24.2 Å². The first-order valence-electron chi connectivity index (χ1n) is 5.45. The van der Waals surface area contributed by atoms with Crippen LogP contribution in [0, 0.1) is 6.92 Å². The molecule has 1 aromatic rings. The molecule has 1 N–H and O–H groups in total. The van der Waals surface area contributed by atoms with Crippen LogP contribution in [0.4, 0.5) is 0 Å². The van der Waals surface area contributed by atoms with Crippen LogP contribution in [0.15, 0.2) is 18.3 Å². The van der Waals surface area contributed by atoms with Gasteiger partial charge < -0.3 is 10.1 Å². The van der Waals surface area contributed by atoms with Crippen molar-refractivity contribution in [2.45, 2.75) is 33.4 Å². The van der Waals surface area contributed by atoms with E-state index < -0.39 is 0 Å². The Labute approximate surface area is 91.9 Å². The fourth-order valence-corrected chi connectivity index (χ4v) is 1.24. The van der Waals surface area contributed by atoms with Crippen molar-refractivity contribution in [2.75, 3.05) is 13.2 Å². The van der Waals surface area contributed by atoms with Crippen LogP contribution in [0.2, 0.25) is 0 Å². The van der Waals surface area contributed by atoms with Crippen LogP contribution in [0.3, 0.4) is 0 Å². The van der Waals surface area contributed by atoms with Gasteiger partial charge in [0.1, 0.15) is 0 Å². The quantitative estimate of drug-likeness (QED) is 0.775.